The number of hydrogen-bond acceptors (Lipinski definition) is 6. The highest BCUT2D eigenvalue weighted by Gasteiger charge is 2.17. The lowest BCUT2D eigenvalue weighted by atomic mass is 10.1. The normalized spacial score (nSPS) is 12.2. The number of ether oxygens (including phenoxy) is 3. The van der Waals surface area contributed by atoms with E-state index >= 15 is 0 Å². The van der Waals surface area contributed by atoms with E-state index in [1.165, 1.54) is 0 Å². The molecule has 0 aliphatic carbocycles. The molecule has 0 saturated heterocycles. The third kappa shape index (κ3) is 19.6. The molecule has 0 aliphatic heterocycles. The molecule has 9 nitrogen and oxygen atoms in total. The summed E-state index contributed by atoms with van der Waals surface area (Å²) in [5.74, 6) is -0.521. The van der Waals surface area contributed by atoms with Gasteiger partial charge >= 0.3 is 0 Å². The fraction of sp³-hybridized carbons (Fsp3) is 0.727. The minimum Gasteiger partial charge on any atom is -0.376 e. The van der Waals surface area contributed by atoms with E-state index in [1.54, 1.807) is 18.2 Å². The molecular weight excluding hydrogens is 534 g/mol. The smallest absolute Gasteiger partial charge is 0.224 e. The van der Waals surface area contributed by atoms with E-state index in [9.17, 15) is 14.4 Å². The molecular formula is C33H57N3O6. The van der Waals surface area contributed by atoms with Crippen LogP contribution in [-0.2, 0) is 28.6 Å². The zero-order valence-electron chi connectivity index (χ0n) is 27.7. The molecule has 3 N–H and O–H groups in total. The Morgan fingerprint density at radius 2 is 0.833 bits per heavy atom. The Bertz CT molecular complexity index is 917. The lowest BCUT2D eigenvalue weighted by Gasteiger charge is -2.20. The molecule has 0 bridgehead atoms. The number of carbonyl (C=O) groups is 3. The van der Waals surface area contributed by atoms with Gasteiger partial charge in [0.15, 0.2) is 0 Å². The molecule has 0 fully saturated rings. The van der Waals surface area contributed by atoms with E-state index < -0.39 is 0 Å². The highest BCUT2D eigenvalue weighted by molar-refractivity contribution is 6.06. The molecule has 1 aromatic rings. The first-order valence-corrected chi connectivity index (χ1v) is 15.4. The van der Waals surface area contributed by atoms with Crippen LogP contribution < -0.4 is 16.0 Å². The van der Waals surface area contributed by atoms with Crippen LogP contribution >= 0.6 is 0 Å². The van der Waals surface area contributed by atoms with Gasteiger partial charge in [-0.2, -0.15) is 0 Å². The molecule has 0 unspecified atom stereocenters. The second-order valence-corrected chi connectivity index (χ2v) is 13.6. The van der Waals surface area contributed by atoms with Gasteiger partial charge in [-0.15, -0.1) is 0 Å². The quantitative estimate of drug-likeness (QED) is 0.153. The van der Waals surface area contributed by atoms with Crippen LogP contribution in [0.5, 0.6) is 0 Å². The van der Waals surface area contributed by atoms with Gasteiger partial charge in [0.1, 0.15) is 0 Å². The van der Waals surface area contributed by atoms with Crippen molar-refractivity contribution >= 4 is 34.8 Å². The van der Waals surface area contributed by atoms with Crippen LogP contribution in [0.15, 0.2) is 18.2 Å². The molecule has 0 aromatic heterocycles. The van der Waals surface area contributed by atoms with Crippen LogP contribution in [0.4, 0.5) is 17.1 Å². The number of amides is 3. The number of para-hydroxylation sites is 1. The first kappa shape index (κ1) is 37.5. The Labute approximate surface area is 254 Å². The van der Waals surface area contributed by atoms with Crippen LogP contribution in [-0.4, -0.2) is 54.3 Å². The molecule has 0 radical (unpaired) electrons. The van der Waals surface area contributed by atoms with Crippen molar-refractivity contribution in [2.75, 3.05) is 35.8 Å². The van der Waals surface area contributed by atoms with Gasteiger partial charge < -0.3 is 30.2 Å². The van der Waals surface area contributed by atoms with Crippen molar-refractivity contribution in [2.24, 2.45) is 0 Å². The number of rotatable bonds is 18. The average molecular weight is 592 g/mol. The summed E-state index contributed by atoms with van der Waals surface area (Å²) in [6.07, 6.45) is 5.24. The maximum Gasteiger partial charge on any atom is 0.224 e. The fourth-order valence-electron chi connectivity index (χ4n) is 3.82. The van der Waals surface area contributed by atoms with Crippen molar-refractivity contribution in [3.63, 3.8) is 0 Å². The standard InChI is InChI=1S/C33H57N3O6/c1-31(2,3)40-22-13-10-19-27(37)34-25-17-16-18-26(35-28(38)20-11-14-23-41-32(4,5)6)30(25)36-29(39)21-12-15-24-42-33(7,8)9/h16-18H,10-15,19-24H2,1-9H3,(H,34,37)(H,35,38)(H,36,39). The van der Waals surface area contributed by atoms with E-state index in [2.05, 4.69) is 16.0 Å². The summed E-state index contributed by atoms with van der Waals surface area (Å²) < 4.78 is 17.2. The molecule has 0 saturated carbocycles. The highest BCUT2D eigenvalue weighted by Crippen LogP contribution is 2.32. The van der Waals surface area contributed by atoms with Gasteiger partial charge in [-0.1, -0.05) is 6.07 Å². The van der Waals surface area contributed by atoms with Gasteiger partial charge in [-0.05, 0) is 113 Å². The van der Waals surface area contributed by atoms with Crippen molar-refractivity contribution in [2.45, 2.75) is 137 Å². The number of hydrogen-bond donors (Lipinski definition) is 3. The van der Waals surface area contributed by atoms with Crippen LogP contribution in [0.1, 0.15) is 120 Å². The molecule has 3 amide bonds. The van der Waals surface area contributed by atoms with Gasteiger partial charge in [-0.3, -0.25) is 14.4 Å². The summed E-state index contributed by atoms with van der Waals surface area (Å²) >= 11 is 0. The molecule has 0 heterocycles. The van der Waals surface area contributed by atoms with Crippen molar-refractivity contribution < 1.29 is 28.6 Å². The Morgan fingerprint density at radius 3 is 1.14 bits per heavy atom. The third-order valence-electron chi connectivity index (χ3n) is 5.88. The second-order valence-electron chi connectivity index (χ2n) is 13.6. The summed E-state index contributed by atoms with van der Waals surface area (Å²) in [5, 5.41) is 8.78. The molecule has 240 valence electrons. The number of benzene rings is 1. The maximum absolute atomic E-state index is 12.9. The van der Waals surface area contributed by atoms with Gasteiger partial charge in [0.05, 0.1) is 33.9 Å². The van der Waals surface area contributed by atoms with E-state index in [1.807, 2.05) is 62.3 Å². The molecule has 0 spiro atoms. The molecule has 0 atom stereocenters. The second kappa shape index (κ2) is 18.2. The summed E-state index contributed by atoms with van der Waals surface area (Å²) in [7, 11) is 0. The largest absolute Gasteiger partial charge is 0.376 e. The summed E-state index contributed by atoms with van der Waals surface area (Å²) in [6.45, 7) is 19.8. The van der Waals surface area contributed by atoms with Crippen molar-refractivity contribution in [3.8, 4) is 0 Å². The number of unbranched alkanes of at least 4 members (excludes halogenated alkanes) is 3. The van der Waals surface area contributed by atoms with Crippen LogP contribution in [0, 0.1) is 0 Å². The van der Waals surface area contributed by atoms with Gasteiger partial charge in [0.25, 0.3) is 0 Å². The van der Waals surface area contributed by atoms with E-state index in [0.29, 0.717) is 75.4 Å². The lowest BCUT2D eigenvalue weighted by Crippen LogP contribution is -2.21. The monoisotopic (exact) mass is 591 g/mol. The van der Waals surface area contributed by atoms with Crippen LogP contribution in [0.2, 0.25) is 0 Å². The average Bonchev–Trinajstić information content (AvgIpc) is 2.83. The first-order chi connectivity index (χ1) is 19.5. The third-order valence-corrected chi connectivity index (χ3v) is 5.88. The van der Waals surface area contributed by atoms with E-state index in [0.717, 1.165) is 19.3 Å². The van der Waals surface area contributed by atoms with E-state index in [4.69, 9.17) is 14.2 Å². The predicted octanol–water partition coefficient (Wildman–Crippen LogP) is 7.46. The van der Waals surface area contributed by atoms with Crippen LogP contribution in [0.25, 0.3) is 0 Å². The van der Waals surface area contributed by atoms with Crippen molar-refractivity contribution in [3.05, 3.63) is 18.2 Å². The van der Waals surface area contributed by atoms with Crippen LogP contribution in [0.3, 0.4) is 0 Å². The summed E-state index contributed by atoms with van der Waals surface area (Å²) in [5.41, 5.74) is 0.659. The first-order valence-electron chi connectivity index (χ1n) is 15.4. The number of nitrogens with one attached hydrogen (secondary N) is 3. The lowest BCUT2D eigenvalue weighted by molar-refractivity contribution is -0.117. The van der Waals surface area contributed by atoms with Crippen molar-refractivity contribution in [1.82, 2.24) is 0 Å². The Hall–Kier alpha value is -2.49. The Morgan fingerprint density at radius 1 is 0.524 bits per heavy atom. The summed E-state index contributed by atoms with van der Waals surface area (Å²) in [4.78, 5) is 38.4. The SMILES string of the molecule is CC(C)(C)OCCCCC(=O)Nc1cccc(NC(=O)CCCCOC(C)(C)C)c1NC(=O)CCCCOC(C)(C)C. The van der Waals surface area contributed by atoms with Crippen molar-refractivity contribution in [1.29, 1.82) is 0 Å². The van der Waals surface area contributed by atoms with E-state index in [-0.39, 0.29) is 34.5 Å². The molecule has 0 aliphatic rings. The van der Waals surface area contributed by atoms with Gasteiger partial charge in [0.2, 0.25) is 17.7 Å². The Balaban J connectivity index is 2.83. The molecule has 9 heteroatoms. The minimum atomic E-state index is -0.217. The number of carbonyl (C=O) groups excluding carboxylic acids is 3. The zero-order valence-corrected chi connectivity index (χ0v) is 27.7. The predicted molar refractivity (Wildman–Crippen MR) is 171 cm³/mol. The zero-order chi connectivity index (χ0) is 31.8. The fourth-order valence-corrected chi connectivity index (χ4v) is 3.82. The van der Waals surface area contributed by atoms with Gasteiger partial charge in [0, 0.05) is 39.1 Å². The summed E-state index contributed by atoms with van der Waals surface area (Å²) in [6, 6.07) is 5.21. The van der Waals surface area contributed by atoms with Gasteiger partial charge in [-0.25, -0.2) is 0 Å². The minimum absolute atomic E-state index is 0.164. The number of anilines is 3. The molecule has 1 rings (SSSR count). The topological polar surface area (TPSA) is 115 Å². The highest BCUT2D eigenvalue weighted by atomic mass is 16.5. The maximum atomic E-state index is 12.9. The Kier molecular flexibility index (Phi) is 16.3. The molecule has 1 aromatic carbocycles. The molecule has 42 heavy (non-hydrogen) atoms.